The molecule has 0 N–H and O–H groups in total. The fraction of sp³-hybridized carbons (Fsp3) is 1.00. The van der Waals surface area contributed by atoms with E-state index in [2.05, 4.69) is 11.8 Å². The van der Waals surface area contributed by atoms with Crippen LogP contribution in [0.2, 0.25) is 0 Å². The summed E-state index contributed by atoms with van der Waals surface area (Å²) in [5.74, 6) is 3.19. The number of nitrogens with zero attached hydrogens (tertiary/aromatic N) is 1. The maximum Gasteiger partial charge on any atom is 0.0132 e. The number of hydrogen-bond acceptors (Lipinski definition) is 1. The zero-order valence-corrected chi connectivity index (χ0v) is 16.9. The molecule has 144 valence electrons. The van der Waals surface area contributed by atoms with Gasteiger partial charge in [-0.2, -0.15) is 0 Å². The third-order valence-corrected chi connectivity index (χ3v) is 8.73. The minimum atomic E-state index is 0.941. The van der Waals surface area contributed by atoms with Crippen molar-refractivity contribution in [2.75, 3.05) is 0 Å². The van der Waals surface area contributed by atoms with E-state index in [1.807, 2.05) is 0 Å². The average Bonchev–Trinajstić information content (AvgIpc) is 2.70. The summed E-state index contributed by atoms with van der Waals surface area (Å²) in [6.45, 7) is 2.41. The highest BCUT2D eigenvalue weighted by atomic mass is 15.2. The lowest BCUT2D eigenvalue weighted by molar-refractivity contribution is -0.0357. The lowest BCUT2D eigenvalue weighted by Gasteiger charge is -2.53. The molecule has 0 amide bonds. The van der Waals surface area contributed by atoms with Crippen molar-refractivity contribution in [2.45, 2.75) is 134 Å². The van der Waals surface area contributed by atoms with Crippen molar-refractivity contribution < 1.29 is 0 Å². The van der Waals surface area contributed by atoms with Crippen LogP contribution in [0.25, 0.3) is 0 Å². The van der Waals surface area contributed by atoms with Gasteiger partial charge in [0.2, 0.25) is 0 Å². The van der Waals surface area contributed by atoms with Gasteiger partial charge in [0, 0.05) is 18.1 Å². The molecular weight excluding hydrogens is 302 g/mol. The predicted octanol–water partition coefficient (Wildman–Crippen LogP) is 6.95. The Kier molecular flexibility index (Phi) is 6.43. The highest BCUT2D eigenvalue weighted by molar-refractivity contribution is 4.96. The fourth-order valence-electron chi connectivity index (χ4n) is 7.34. The van der Waals surface area contributed by atoms with Crippen LogP contribution in [-0.4, -0.2) is 23.0 Å². The van der Waals surface area contributed by atoms with Gasteiger partial charge in [-0.05, 0) is 69.1 Å². The molecule has 1 nitrogen and oxygen atoms in total. The van der Waals surface area contributed by atoms with Crippen molar-refractivity contribution >= 4 is 0 Å². The van der Waals surface area contributed by atoms with Crippen LogP contribution in [-0.2, 0) is 0 Å². The molecular formula is C24H43N. The topological polar surface area (TPSA) is 3.24 Å². The molecule has 1 heteroatoms. The molecule has 0 spiro atoms. The van der Waals surface area contributed by atoms with Crippen molar-refractivity contribution in [1.82, 2.24) is 4.90 Å². The van der Waals surface area contributed by atoms with E-state index in [0.29, 0.717) is 0 Å². The summed E-state index contributed by atoms with van der Waals surface area (Å²) in [7, 11) is 0. The molecule has 0 aliphatic heterocycles. The van der Waals surface area contributed by atoms with Crippen molar-refractivity contribution in [1.29, 1.82) is 0 Å². The first-order valence-electron chi connectivity index (χ1n) is 12.1. The average molecular weight is 346 g/mol. The van der Waals surface area contributed by atoms with Crippen LogP contribution in [0.5, 0.6) is 0 Å². The van der Waals surface area contributed by atoms with Gasteiger partial charge in [-0.15, -0.1) is 0 Å². The molecule has 4 aliphatic carbocycles. The second kappa shape index (κ2) is 8.77. The molecule has 0 aromatic carbocycles. The van der Waals surface area contributed by atoms with E-state index in [1.54, 1.807) is 19.3 Å². The largest absolute Gasteiger partial charge is 0.294 e. The van der Waals surface area contributed by atoms with Crippen LogP contribution < -0.4 is 0 Å². The molecule has 0 saturated heterocycles. The van der Waals surface area contributed by atoms with E-state index in [9.17, 15) is 0 Å². The monoisotopic (exact) mass is 345 g/mol. The first-order chi connectivity index (χ1) is 12.4. The van der Waals surface area contributed by atoms with E-state index < -0.39 is 0 Å². The molecule has 0 aromatic rings. The van der Waals surface area contributed by atoms with Crippen LogP contribution in [0.1, 0.15) is 116 Å². The first-order valence-corrected chi connectivity index (χ1v) is 12.1. The van der Waals surface area contributed by atoms with Gasteiger partial charge < -0.3 is 0 Å². The van der Waals surface area contributed by atoms with E-state index in [-0.39, 0.29) is 0 Å². The standard InChI is InChI=1S/C24H43N/c1-2-19-15-17-22(18-16-19)25(21-11-4-3-5-12-21)24-14-8-10-20-9-6-7-13-23(20)24/h19-24H,2-18H2,1H3. The van der Waals surface area contributed by atoms with Gasteiger partial charge in [-0.1, -0.05) is 64.7 Å². The zero-order valence-electron chi connectivity index (χ0n) is 16.9. The minimum Gasteiger partial charge on any atom is -0.294 e. The van der Waals surface area contributed by atoms with Gasteiger partial charge in [0.25, 0.3) is 0 Å². The molecule has 0 heterocycles. The van der Waals surface area contributed by atoms with Crippen LogP contribution in [0, 0.1) is 17.8 Å². The normalized spacial score (nSPS) is 40.8. The molecule has 3 atom stereocenters. The maximum atomic E-state index is 3.22. The van der Waals surface area contributed by atoms with Crippen LogP contribution in [0.3, 0.4) is 0 Å². The van der Waals surface area contributed by atoms with E-state index in [1.165, 1.54) is 89.9 Å². The molecule has 4 rings (SSSR count). The molecule has 3 unspecified atom stereocenters. The predicted molar refractivity (Wildman–Crippen MR) is 108 cm³/mol. The van der Waals surface area contributed by atoms with Gasteiger partial charge in [-0.25, -0.2) is 0 Å². The van der Waals surface area contributed by atoms with E-state index in [0.717, 1.165) is 35.9 Å². The first kappa shape index (κ1) is 18.3. The van der Waals surface area contributed by atoms with Crippen molar-refractivity contribution in [3.05, 3.63) is 0 Å². The lowest BCUT2D eigenvalue weighted by Crippen LogP contribution is -2.56. The van der Waals surface area contributed by atoms with Crippen molar-refractivity contribution in [3.63, 3.8) is 0 Å². The molecule has 4 aliphatic rings. The Morgan fingerprint density at radius 1 is 0.600 bits per heavy atom. The zero-order chi connectivity index (χ0) is 17.1. The van der Waals surface area contributed by atoms with Gasteiger partial charge in [0.15, 0.2) is 0 Å². The summed E-state index contributed by atoms with van der Waals surface area (Å²) in [6, 6.07) is 2.85. The number of hydrogen-bond donors (Lipinski definition) is 0. The highest BCUT2D eigenvalue weighted by Gasteiger charge is 2.43. The minimum absolute atomic E-state index is 0.941. The Hall–Kier alpha value is -0.0400. The second-order valence-corrected chi connectivity index (χ2v) is 10.0. The summed E-state index contributed by atoms with van der Waals surface area (Å²) in [4.78, 5) is 3.22. The summed E-state index contributed by atoms with van der Waals surface area (Å²) < 4.78 is 0. The molecule has 4 saturated carbocycles. The van der Waals surface area contributed by atoms with Gasteiger partial charge >= 0.3 is 0 Å². The summed E-state index contributed by atoms with van der Waals surface area (Å²) in [5, 5.41) is 0. The third kappa shape index (κ3) is 4.12. The Labute approximate surface area is 157 Å². The van der Waals surface area contributed by atoms with Gasteiger partial charge in [0.05, 0.1) is 0 Å². The van der Waals surface area contributed by atoms with E-state index >= 15 is 0 Å². The fourth-order valence-corrected chi connectivity index (χ4v) is 7.34. The Morgan fingerprint density at radius 2 is 1.24 bits per heavy atom. The van der Waals surface area contributed by atoms with Gasteiger partial charge in [-0.3, -0.25) is 4.90 Å². The lowest BCUT2D eigenvalue weighted by atomic mass is 9.67. The molecule has 0 aromatic heterocycles. The third-order valence-electron chi connectivity index (χ3n) is 8.73. The maximum absolute atomic E-state index is 3.22. The summed E-state index contributed by atoms with van der Waals surface area (Å²) >= 11 is 0. The van der Waals surface area contributed by atoms with E-state index in [4.69, 9.17) is 0 Å². The van der Waals surface area contributed by atoms with Crippen LogP contribution in [0.4, 0.5) is 0 Å². The smallest absolute Gasteiger partial charge is 0.0132 e. The van der Waals surface area contributed by atoms with Crippen LogP contribution in [0.15, 0.2) is 0 Å². The van der Waals surface area contributed by atoms with Crippen molar-refractivity contribution in [3.8, 4) is 0 Å². The van der Waals surface area contributed by atoms with Crippen molar-refractivity contribution in [2.24, 2.45) is 17.8 Å². The van der Waals surface area contributed by atoms with Crippen LogP contribution >= 0.6 is 0 Å². The Morgan fingerprint density at radius 3 is 2.00 bits per heavy atom. The summed E-state index contributed by atoms with van der Waals surface area (Å²) in [5.41, 5.74) is 0. The Balaban J connectivity index is 1.51. The molecule has 0 radical (unpaired) electrons. The summed E-state index contributed by atoms with van der Waals surface area (Å²) in [6.07, 6.45) is 25.8. The molecule has 0 bridgehead atoms. The quantitative estimate of drug-likeness (QED) is 0.533. The number of rotatable bonds is 4. The SMILES string of the molecule is CCC1CCC(N(C2CCCCC2)C2CCCC3CCCCC32)CC1. The highest BCUT2D eigenvalue weighted by Crippen LogP contribution is 2.46. The second-order valence-electron chi connectivity index (χ2n) is 10.0. The molecule has 25 heavy (non-hydrogen) atoms. The number of fused-ring (bicyclic) bond motifs is 1. The Bertz CT molecular complexity index is 389. The molecule has 4 fully saturated rings. The van der Waals surface area contributed by atoms with Gasteiger partial charge in [0.1, 0.15) is 0 Å².